The fourth-order valence-electron chi connectivity index (χ4n) is 3.42. The van der Waals surface area contributed by atoms with E-state index in [1.54, 1.807) is 46.8 Å². The van der Waals surface area contributed by atoms with Gasteiger partial charge in [0, 0.05) is 18.7 Å². The molecule has 1 N–H and O–H groups in total. The number of fused-ring (bicyclic) bond motifs is 1. The van der Waals surface area contributed by atoms with Crippen LogP contribution in [0.15, 0.2) is 47.4 Å². The van der Waals surface area contributed by atoms with Gasteiger partial charge in [0.1, 0.15) is 5.75 Å². The molecule has 0 bridgehead atoms. The summed E-state index contributed by atoms with van der Waals surface area (Å²) in [5.41, 5.74) is 1.13. The maximum Gasteiger partial charge on any atom is 0.257 e. The average Bonchev–Trinajstić information content (AvgIpc) is 3.20. The number of nitrogens with one attached hydrogen (secondary N) is 1. The Balaban J connectivity index is 1.78. The van der Waals surface area contributed by atoms with Gasteiger partial charge in [-0.05, 0) is 69.2 Å². The molecule has 0 saturated carbocycles. The summed E-state index contributed by atoms with van der Waals surface area (Å²) >= 11 is 1.26. The summed E-state index contributed by atoms with van der Waals surface area (Å²) in [6.07, 6.45) is 3.57. The van der Waals surface area contributed by atoms with Gasteiger partial charge in [0.2, 0.25) is 10.0 Å². The minimum absolute atomic E-state index is 0.0569. The summed E-state index contributed by atoms with van der Waals surface area (Å²) in [7, 11) is -3.59. The molecule has 0 aliphatic carbocycles. The van der Waals surface area contributed by atoms with E-state index >= 15 is 0 Å². The number of ether oxygens (including phenoxy) is 1. The number of thiazole rings is 1. The number of hydrogen-bond acceptors (Lipinski definition) is 6. The third-order valence-corrected chi connectivity index (χ3v) is 8.06. The quantitative estimate of drug-likeness (QED) is 0.331. The number of hydrogen-bond donors (Lipinski definition) is 1. The largest absolute Gasteiger partial charge is 0.491 e. The molecule has 0 fully saturated rings. The van der Waals surface area contributed by atoms with Crippen LogP contribution in [-0.4, -0.2) is 42.8 Å². The normalized spacial score (nSPS) is 11.9. The molecule has 3 rings (SSSR count). The van der Waals surface area contributed by atoms with Crippen molar-refractivity contribution in [1.82, 2.24) is 9.29 Å². The van der Waals surface area contributed by atoms with Crippen molar-refractivity contribution in [2.75, 3.05) is 18.4 Å². The van der Waals surface area contributed by atoms with E-state index in [4.69, 9.17) is 4.74 Å². The summed E-state index contributed by atoms with van der Waals surface area (Å²) in [5.74, 6) is 0.417. The van der Waals surface area contributed by atoms with E-state index in [-0.39, 0.29) is 16.9 Å². The average molecular weight is 504 g/mol. The SMILES string of the molecule is CCCCN(CCCC)S(=O)(=O)c1ccc2nc(NC(=O)c3ccc(OC(C)C)cc3)sc2c1. The Labute approximate surface area is 206 Å². The zero-order valence-electron chi connectivity index (χ0n) is 20.2. The molecule has 1 amide bonds. The van der Waals surface area contributed by atoms with E-state index in [2.05, 4.69) is 24.1 Å². The molecular weight excluding hydrogens is 470 g/mol. The topological polar surface area (TPSA) is 88.6 Å². The summed E-state index contributed by atoms with van der Waals surface area (Å²) < 4.78 is 34.5. The Morgan fingerprint density at radius 1 is 1.06 bits per heavy atom. The summed E-state index contributed by atoms with van der Waals surface area (Å²) in [6.45, 7) is 9.02. The summed E-state index contributed by atoms with van der Waals surface area (Å²) in [6, 6.07) is 11.9. The van der Waals surface area contributed by atoms with Gasteiger partial charge in [-0.3, -0.25) is 10.1 Å². The number of aromatic nitrogens is 1. The molecule has 9 heteroatoms. The number of unbranched alkanes of at least 4 members (excludes halogenated alkanes) is 2. The minimum atomic E-state index is -3.59. The van der Waals surface area contributed by atoms with E-state index in [0.717, 1.165) is 25.7 Å². The van der Waals surface area contributed by atoms with Gasteiger partial charge in [0.15, 0.2) is 5.13 Å². The first-order valence-electron chi connectivity index (χ1n) is 11.7. The predicted molar refractivity (Wildman–Crippen MR) is 138 cm³/mol. The highest BCUT2D eigenvalue weighted by Gasteiger charge is 2.24. The molecule has 0 spiro atoms. The monoisotopic (exact) mass is 503 g/mol. The first-order valence-corrected chi connectivity index (χ1v) is 14.0. The molecule has 1 aromatic heterocycles. The first kappa shape index (κ1) is 26.1. The lowest BCUT2D eigenvalue weighted by molar-refractivity contribution is 0.102. The number of carbonyl (C=O) groups is 1. The maximum absolute atomic E-state index is 13.3. The lowest BCUT2D eigenvalue weighted by atomic mass is 10.2. The van der Waals surface area contributed by atoms with Gasteiger partial charge >= 0.3 is 0 Å². The van der Waals surface area contributed by atoms with E-state index in [1.165, 1.54) is 11.3 Å². The zero-order chi connectivity index (χ0) is 24.7. The van der Waals surface area contributed by atoms with E-state index in [1.807, 2.05) is 13.8 Å². The third-order valence-electron chi connectivity index (χ3n) is 5.23. The van der Waals surface area contributed by atoms with Gasteiger partial charge in [-0.25, -0.2) is 13.4 Å². The van der Waals surface area contributed by atoms with E-state index < -0.39 is 10.0 Å². The lowest BCUT2D eigenvalue weighted by Gasteiger charge is -2.21. The van der Waals surface area contributed by atoms with Crippen LogP contribution in [0.5, 0.6) is 5.75 Å². The van der Waals surface area contributed by atoms with Crippen LogP contribution in [0.1, 0.15) is 63.7 Å². The van der Waals surface area contributed by atoms with E-state index in [9.17, 15) is 13.2 Å². The second-order valence-corrected chi connectivity index (χ2v) is 11.4. The number of benzene rings is 2. The van der Waals surface area contributed by atoms with Crippen molar-refractivity contribution in [3.05, 3.63) is 48.0 Å². The van der Waals surface area contributed by atoms with Crippen LogP contribution in [0.4, 0.5) is 5.13 Å². The smallest absolute Gasteiger partial charge is 0.257 e. The second-order valence-electron chi connectivity index (χ2n) is 8.40. The Bertz CT molecular complexity index is 1200. The number of nitrogens with zero attached hydrogens (tertiary/aromatic N) is 2. The molecule has 3 aromatic rings. The molecule has 1 heterocycles. The van der Waals surface area contributed by atoms with Gasteiger partial charge in [-0.15, -0.1) is 0 Å². The zero-order valence-corrected chi connectivity index (χ0v) is 21.8. The predicted octanol–water partition coefficient (Wildman–Crippen LogP) is 5.93. The Morgan fingerprint density at radius 2 is 1.71 bits per heavy atom. The Kier molecular flexibility index (Phi) is 9.04. The van der Waals surface area contributed by atoms with Crippen molar-refractivity contribution in [3.63, 3.8) is 0 Å². The molecule has 0 unspecified atom stereocenters. The van der Waals surface area contributed by atoms with Crippen molar-refractivity contribution in [2.24, 2.45) is 0 Å². The number of carbonyl (C=O) groups excluding carboxylic acids is 1. The van der Waals surface area contributed by atoms with Gasteiger partial charge in [-0.1, -0.05) is 38.0 Å². The molecule has 184 valence electrons. The molecule has 2 aromatic carbocycles. The molecule has 0 atom stereocenters. The fraction of sp³-hybridized carbons (Fsp3) is 0.440. The van der Waals surface area contributed by atoms with Crippen molar-refractivity contribution in [1.29, 1.82) is 0 Å². The number of rotatable bonds is 12. The highest BCUT2D eigenvalue weighted by atomic mass is 32.2. The van der Waals surface area contributed by atoms with Crippen LogP contribution in [0.25, 0.3) is 10.2 Å². The molecule has 34 heavy (non-hydrogen) atoms. The minimum Gasteiger partial charge on any atom is -0.491 e. The van der Waals surface area contributed by atoms with Crippen LogP contribution in [0.3, 0.4) is 0 Å². The van der Waals surface area contributed by atoms with Crippen molar-refractivity contribution >= 4 is 42.6 Å². The van der Waals surface area contributed by atoms with Crippen LogP contribution in [-0.2, 0) is 10.0 Å². The Morgan fingerprint density at radius 3 is 2.29 bits per heavy atom. The Hall–Kier alpha value is -2.49. The molecule has 0 saturated heterocycles. The highest BCUT2D eigenvalue weighted by molar-refractivity contribution is 7.89. The van der Waals surface area contributed by atoms with Crippen molar-refractivity contribution < 1.29 is 17.9 Å². The summed E-state index contributed by atoms with van der Waals surface area (Å²) in [4.78, 5) is 17.4. The maximum atomic E-state index is 13.3. The molecular formula is C25H33N3O4S2. The van der Waals surface area contributed by atoms with E-state index in [0.29, 0.717) is 39.8 Å². The summed E-state index contributed by atoms with van der Waals surface area (Å²) in [5, 5.41) is 3.23. The van der Waals surface area contributed by atoms with Gasteiger partial charge < -0.3 is 4.74 Å². The first-order chi connectivity index (χ1) is 16.2. The van der Waals surface area contributed by atoms with Crippen LogP contribution in [0, 0.1) is 0 Å². The molecule has 7 nitrogen and oxygen atoms in total. The standard InChI is InChI=1S/C25H33N3O4S2/c1-5-7-15-28(16-8-6-2)34(30,31)21-13-14-22-23(17-21)33-25(26-22)27-24(29)19-9-11-20(12-10-19)32-18(3)4/h9-14,17-18H,5-8,15-16H2,1-4H3,(H,26,27,29). The third kappa shape index (κ3) is 6.55. The van der Waals surface area contributed by atoms with Crippen LogP contribution >= 0.6 is 11.3 Å². The fourth-order valence-corrected chi connectivity index (χ4v) is 5.93. The van der Waals surface area contributed by atoms with Crippen molar-refractivity contribution in [2.45, 2.75) is 64.4 Å². The van der Waals surface area contributed by atoms with Crippen LogP contribution in [0.2, 0.25) is 0 Å². The molecule has 0 radical (unpaired) electrons. The lowest BCUT2D eigenvalue weighted by Crippen LogP contribution is -2.33. The van der Waals surface area contributed by atoms with Crippen LogP contribution < -0.4 is 10.1 Å². The van der Waals surface area contributed by atoms with Gasteiger partial charge in [0.25, 0.3) is 5.91 Å². The van der Waals surface area contributed by atoms with Gasteiger partial charge in [-0.2, -0.15) is 4.31 Å². The molecule has 0 aliphatic rings. The second kappa shape index (κ2) is 11.8. The van der Waals surface area contributed by atoms with Crippen molar-refractivity contribution in [3.8, 4) is 5.75 Å². The molecule has 0 aliphatic heterocycles. The number of anilines is 1. The highest BCUT2D eigenvalue weighted by Crippen LogP contribution is 2.30. The van der Waals surface area contributed by atoms with Gasteiger partial charge in [0.05, 0.1) is 21.2 Å². The number of sulfonamides is 1. The number of amides is 1.